The largest absolute Gasteiger partial charge is 0.328 e. The smallest absolute Gasteiger partial charge is 0.257 e. The first kappa shape index (κ1) is 7.56. The summed E-state index contributed by atoms with van der Waals surface area (Å²) in [5, 5.41) is 11.1. The van der Waals surface area contributed by atoms with E-state index in [2.05, 4.69) is 5.32 Å². The zero-order valence-corrected chi connectivity index (χ0v) is 6.74. The van der Waals surface area contributed by atoms with Gasteiger partial charge < -0.3 is 5.32 Å². The van der Waals surface area contributed by atoms with E-state index >= 15 is 0 Å². The highest BCUT2D eigenvalue weighted by molar-refractivity contribution is 6.25. The van der Waals surface area contributed by atoms with Gasteiger partial charge in [0.25, 0.3) is 5.91 Å². The van der Waals surface area contributed by atoms with E-state index in [1.54, 1.807) is 30.5 Å². The van der Waals surface area contributed by atoms with Crippen molar-refractivity contribution >= 4 is 11.5 Å². The maximum Gasteiger partial charge on any atom is 0.257 e. The van der Waals surface area contributed by atoms with Gasteiger partial charge in [0.15, 0.2) is 0 Å². The number of hydrogen-bond acceptors (Lipinski definition) is 2. The van der Waals surface area contributed by atoms with Crippen LogP contribution < -0.4 is 5.32 Å². The van der Waals surface area contributed by atoms with E-state index < -0.39 is 0 Å². The van der Waals surface area contributed by atoms with Crippen LogP contribution in [0.15, 0.2) is 30.5 Å². The molecule has 0 spiro atoms. The minimum Gasteiger partial charge on any atom is -0.328 e. The van der Waals surface area contributed by atoms with Crippen LogP contribution in [-0.2, 0) is 4.79 Å². The third-order valence-electron chi connectivity index (χ3n) is 1.92. The van der Waals surface area contributed by atoms with E-state index in [0.29, 0.717) is 11.1 Å². The Labute approximate surface area is 75.3 Å². The second kappa shape index (κ2) is 2.76. The number of carbonyl (C=O) groups is 1. The highest BCUT2D eigenvalue weighted by Gasteiger charge is 2.17. The van der Waals surface area contributed by atoms with E-state index in [1.807, 2.05) is 6.07 Å². The average Bonchev–Trinajstić information content (AvgIpc) is 2.17. The summed E-state index contributed by atoms with van der Waals surface area (Å²) >= 11 is 0. The van der Waals surface area contributed by atoms with Crippen LogP contribution in [0.25, 0.3) is 5.57 Å². The molecule has 0 saturated heterocycles. The molecule has 62 valence electrons. The predicted octanol–water partition coefficient (Wildman–Crippen LogP) is 1.03. The van der Waals surface area contributed by atoms with Crippen molar-refractivity contribution in [1.29, 1.82) is 5.26 Å². The van der Waals surface area contributed by atoms with Crippen LogP contribution in [0.4, 0.5) is 0 Å². The molecule has 1 amide bonds. The fraction of sp³-hybridized carbons (Fsp3) is 0. The molecule has 1 N–H and O–H groups in total. The van der Waals surface area contributed by atoms with Crippen molar-refractivity contribution in [2.24, 2.45) is 0 Å². The highest BCUT2D eigenvalue weighted by atomic mass is 16.2. The molecule has 1 aromatic carbocycles. The van der Waals surface area contributed by atoms with Gasteiger partial charge in [-0.05, 0) is 17.7 Å². The van der Waals surface area contributed by atoms with Gasteiger partial charge in [-0.1, -0.05) is 12.1 Å². The summed E-state index contributed by atoms with van der Waals surface area (Å²) in [5.41, 5.74) is 2.12. The van der Waals surface area contributed by atoms with Crippen LogP contribution in [0.3, 0.4) is 0 Å². The topological polar surface area (TPSA) is 52.9 Å². The van der Waals surface area contributed by atoms with E-state index in [1.165, 1.54) is 0 Å². The Kier molecular flexibility index (Phi) is 1.60. The molecule has 0 aliphatic carbocycles. The van der Waals surface area contributed by atoms with E-state index in [9.17, 15) is 4.79 Å². The number of nitrogens with zero attached hydrogens (tertiary/aromatic N) is 1. The van der Waals surface area contributed by atoms with E-state index in [0.717, 1.165) is 5.56 Å². The first-order valence-corrected chi connectivity index (χ1v) is 3.83. The van der Waals surface area contributed by atoms with Crippen molar-refractivity contribution < 1.29 is 4.79 Å². The predicted molar refractivity (Wildman–Crippen MR) is 47.3 cm³/mol. The zero-order valence-electron chi connectivity index (χ0n) is 6.74. The molecule has 13 heavy (non-hydrogen) atoms. The van der Waals surface area contributed by atoms with Crippen molar-refractivity contribution in [2.75, 3.05) is 0 Å². The molecular weight excluding hydrogens is 164 g/mol. The molecule has 0 fully saturated rings. The second-order valence-electron chi connectivity index (χ2n) is 2.72. The molecule has 0 saturated carbocycles. The Morgan fingerprint density at radius 1 is 1.23 bits per heavy atom. The molecule has 1 aliphatic rings. The first-order chi connectivity index (χ1) is 6.31. The van der Waals surface area contributed by atoms with Gasteiger partial charge in [-0.2, -0.15) is 5.26 Å². The third-order valence-corrected chi connectivity index (χ3v) is 1.92. The maximum atomic E-state index is 10.9. The minimum absolute atomic E-state index is 0.0651. The molecule has 0 aromatic heterocycles. The second-order valence-corrected chi connectivity index (χ2v) is 2.72. The molecule has 0 unspecified atom stereocenters. The number of nitriles is 1. The van der Waals surface area contributed by atoms with Gasteiger partial charge in [0.05, 0.1) is 17.2 Å². The Hall–Kier alpha value is -2.08. The fourth-order valence-electron chi connectivity index (χ4n) is 1.14. The number of amides is 1. The van der Waals surface area contributed by atoms with E-state index in [4.69, 9.17) is 5.26 Å². The van der Waals surface area contributed by atoms with Crippen LogP contribution in [0.1, 0.15) is 11.1 Å². The summed E-state index contributed by atoms with van der Waals surface area (Å²) in [6.07, 6.45) is 1.66. The number of benzene rings is 1. The lowest BCUT2D eigenvalue weighted by molar-refractivity contribution is -0.116. The van der Waals surface area contributed by atoms with Gasteiger partial charge in [0.1, 0.15) is 0 Å². The Balaban J connectivity index is 2.35. The maximum absolute atomic E-state index is 10.9. The van der Waals surface area contributed by atoms with Gasteiger partial charge in [-0.15, -0.1) is 0 Å². The number of rotatable bonds is 1. The van der Waals surface area contributed by atoms with Crippen molar-refractivity contribution in [3.05, 3.63) is 41.6 Å². The lowest BCUT2D eigenvalue weighted by Gasteiger charge is -2.14. The number of carbonyl (C=O) groups excluding carboxylic acids is 1. The molecular formula is C10H6N2O. The molecule has 1 aromatic rings. The van der Waals surface area contributed by atoms with Gasteiger partial charge >= 0.3 is 0 Å². The Bertz CT molecular complexity index is 423. The zero-order chi connectivity index (χ0) is 9.26. The van der Waals surface area contributed by atoms with Gasteiger partial charge in [0.2, 0.25) is 0 Å². The van der Waals surface area contributed by atoms with E-state index in [-0.39, 0.29) is 5.91 Å². The summed E-state index contributed by atoms with van der Waals surface area (Å²) in [7, 11) is 0. The van der Waals surface area contributed by atoms with Crippen molar-refractivity contribution in [3.8, 4) is 6.07 Å². The third kappa shape index (κ3) is 1.18. The Morgan fingerprint density at radius 2 is 1.92 bits per heavy atom. The summed E-state index contributed by atoms with van der Waals surface area (Å²) in [4.78, 5) is 10.9. The molecule has 1 aliphatic heterocycles. The van der Waals surface area contributed by atoms with Crippen LogP contribution in [-0.4, -0.2) is 5.91 Å². The lowest BCUT2D eigenvalue weighted by Crippen LogP contribution is -2.28. The Morgan fingerprint density at radius 3 is 2.31 bits per heavy atom. The molecule has 0 radical (unpaired) electrons. The summed E-state index contributed by atoms with van der Waals surface area (Å²) in [5.74, 6) is -0.0651. The minimum atomic E-state index is -0.0651. The molecule has 2 rings (SSSR count). The van der Waals surface area contributed by atoms with Crippen LogP contribution >= 0.6 is 0 Å². The molecule has 1 heterocycles. The molecule has 3 nitrogen and oxygen atoms in total. The SMILES string of the molecule is N#Cc1ccc(C2=CNC2=O)cc1. The highest BCUT2D eigenvalue weighted by Crippen LogP contribution is 2.18. The van der Waals surface area contributed by atoms with Crippen LogP contribution in [0.2, 0.25) is 0 Å². The monoisotopic (exact) mass is 170 g/mol. The van der Waals surface area contributed by atoms with Crippen molar-refractivity contribution in [1.82, 2.24) is 5.32 Å². The summed E-state index contributed by atoms with van der Waals surface area (Å²) in [6, 6.07) is 8.95. The molecule has 3 heteroatoms. The summed E-state index contributed by atoms with van der Waals surface area (Å²) < 4.78 is 0. The fourth-order valence-corrected chi connectivity index (χ4v) is 1.14. The van der Waals surface area contributed by atoms with Crippen molar-refractivity contribution in [3.63, 3.8) is 0 Å². The van der Waals surface area contributed by atoms with Crippen LogP contribution in [0.5, 0.6) is 0 Å². The van der Waals surface area contributed by atoms with Gasteiger partial charge in [-0.3, -0.25) is 4.79 Å². The first-order valence-electron chi connectivity index (χ1n) is 3.83. The van der Waals surface area contributed by atoms with Crippen molar-refractivity contribution in [2.45, 2.75) is 0 Å². The quantitative estimate of drug-likeness (QED) is 0.684. The standard InChI is InChI=1S/C10H6N2O/c11-5-7-1-3-8(4-2-7)9-6-12-10(9)13/h1-4,6H,(H,12,13). The van der Waals surface area contributed by atoms with Gasteiger partial charge in [-0.25, -0.2) is 0 Å². The molecule has 0 bridgehead atoms. The molecule has 0 atom stereocenters. The van der Waals surface area contributed by atoms with Gasteiger partial charge in [0, 0.05) is 6.20 Å². The van der Waals surface area contributed by atoms with Crippen LogP contribution in [0, 0.1) is 11.3 Å². The lowest BCUT2D eigenvalue weighted by atomic mass is 10.0. The number of hydrogen-bond donors (Lipinski definition) is 1. The normalized spacial score (nSPS) is 13.8. The number of nitrogens with one attached hydrogen (secondary N) is 1. The average molecular weight is 170 g/mol. The summed E-state index contributed by atoms with van der Waals surface area (Å²) in [6.45, 7) is 0.